The van der Waals surface area contributed by atoms with Gasteiger partial charge in [0.1, 0.15) is 18.2 Å². The summed E-state index contributed by atoms with van der Waals surface area (Å²) in [5, 5.41) is 3.27. The maximum absolute atomic E-state index is 14.0. The fourth-order valence-corrected chi connectivity index (χ4v) is 5.14. The predicted octanol–water partition coefficient (Wildman–Crippen LogP) is 5.91. The number of carbonyl (C=O) groups is 2. The molecule has 3 aromatic carbocycles. The van der Waals surface area contributed by atoms with Crippen LogP contribution in [0, 0.1) is 5.82 Å². The van der Waals surface area contributed by atoms with Crippen molar-refractivity contribution in [3.63, 3.8) is 0 Å². The quantitative estimate of drug-likeness (QED) is 0.413. The number of benzene rings is 3. The number of nitrogens with one attached hydrogen (secondary N) is 1. The minimum Gasteiger partial charge on any atom is -0.488 e. The largest absolute Gasteiger partial charge is 0.488 e. The average Bonchev–Trinajstić information content (AvgIpc) is 3.14. The molecule has 0 radical (unpaired) electrons. The fraction of sp³-hybridized carbons (Fsp3) is 0.143. The highest BCUT2D eigenvalue weighted by atomic mass is 79.9. The zero-order valence-corrected chi connectivity index (χ0v) is 20.6. The molecule has 0 fully saturated rings. The lowest BCUT2D eigenvalue weighted by atomic mass is 9.80. The fourth-order valence-electron chi connectivity index (χ4n) is 4.63. The lowest BCUT2D eigenvalue weighted by Crippen LogP contribution is -2.29. The van der Waals surface area contributed by atoms with Gasteiger partial charge in [0.15, 0.2) is 5.78 Å². The van der Waals surface area contributed by atoms with Crippen molar-refractivity contribution in [3.05, 3.63) is 116 Å². The van der Waals surface area contributed by atoms with E-state index in [1.54, 1.807) is 37.3 Å². The molecule has 5 rings (SSSR count). The molecule has 1 aliphatic heterocycles. The molecule has 0 saturated carbocycles. The minimum absolute atomic E-state index is 0.0630. The van der Waals surface area contributed by atoms with Gasteiger partial charge in [-0.05, 0) is 46.6 Å². The highest BCUT2D eigenvalue weighted by molar-refractivity contribution is 9.10. The third-order valence-corrected chi connectivity index (χ3v) is 6.90. The standard InChI is InChI=1S/C28H21BrFNO4/c1-15-23(28(33)34-2)24(25-26(31-15)18-8-4-5-9-19(18)27(25)32)16-11-12-22(20(29)13-16)35-14-17-7-3-6-10-21(17)30/h3-13,24,31H,14H2,1-2H3/t24-/m0/s1. The Kier molecular flexibility index (Phi) is 6.03. The van der Waals surface area contributed by atoms with Crippen LogP contribution in [0.15, 0.2) is 88.0 Å². The molecule has 0 amide bonds. The SMILES string of the molecule is COC(=O)C1=C(C)NC2=C(C(=O)c3ccccc32)[C@H]1c1ccc(OCc2ccccc2F)c(Br)c1. The van der Waals surface area contributed by atoms with Crippen molar-refractivity contribution in [2.75, 3.05) is 7.11 Å². The molecule has 0 bridgehead atoms. The van der Waals surface area contributed by atoms with Crippen LogP contribution in [0.1, 0.15) is 39.9 Å². The summed E-state index contributed by atoms with van der Waals surface area (Å²) in [7, 11) is 1.32. The highest BCUT2D eigenvalue weighted by Crippen LogP contribution is 2.47. The highest BCUT2D eigenvalue weighted by Gasteiger charge is 2.42. The molecular weight excluding hydrogens is 513 g/mol. The number of hydrogen-bond acceptors (Lipinski definition) is 5. The molecule has 3 aromatic rings. The van der Waals surface area contributed by atoms with Gasteiger partial charge in [-0.15, -0.1) is 0 Å². The lowest BCUT2D eigenvalue weighted by molar-refractivity contribution is -0.136. The predicted molar refractivity (Wildman–Crippen MR) is 133 cm³/mol. The van der Waals surface area contributed by atoms with Gasteiger partial charge in [0.25, 0.3) is 0 Å². The maximum Gasteiger partial charge on any atom is 0.336 e. The molecule has 0 aromatic heterocycles. The number of ether oxygens (including phenoxy) is 2. The smallest absolute Gasteiger partial charge is 0.336 e. The third-order valence-electron chi connectivity index (χ3n) is 6.28. The summed E-state index contributed by atoms with van der Waals surface area (Å²) in [5.41, 5.74) is 4.78. The first kappa shape index (κ1) is 23.1. The molecule has 7 heteroatoms. The Morgan fingerprint density at radius 1 is 1.06 bits per heavy atom. The Morgan fingerprint density at radius 2 is 1.77 bits per heavy atom. The molecule has 2 aliphatic rings. The van der Waals surface area contributed by atoms with E-state index >= 15 is 0 Å². The van der Waals surface area contributed by atoms with Crippen molar-refractivity contribution in [3.8, 4) is 5.75 Å². The third kappa shape index (κ3) is 3.96. The van der Waals surface area contributed by atoms with E-state index in [0.29, 0.717) is 43.9 Å². The first-order chi connectivity index (χ1) is 16.9. The number of rotatable bonds is 5. The molecule has 1 atom stereocenters. The van der Waals surface area contributed by atoms with Crippen LogP contribution in [0.3, 0.4) is 0 Å². The molecule has 0 unspecified atom stereocenters. The van der Waals surface area contributed by atoms with Crippen LogP contribution in [0.4, 0.5) is 4.39 Å². The number of Topliss-reactive ketones (excluding diaryl/α,β-unsaturated/α-hetero) is 1. The number of dihydropyridines is 1. The van der Waals surface area contributed by atoms with E-state index in [1.165, 1.54) is 13.2 Å². The first-order valence-electron chi connectivity index (χ1n) is 11.0. The van der Waals surface area contributed by atoms with Crippen molar-refractivity contribution in [2.45, 2.75) is 19.4 Å². The normalized spacial score (nSPS) is 16.6. The van der Waals surface area contributed by atoms with E-state index in [1.807, 2.05) is 30.3 Å². The van der Waals surface area contributed by atoms with Gasteiger partial charge in [-0.1, -0.05) is 48.5 Å². The molecule has 0 saturated heterocycles. The number of methoxy groups -OCH3 is 1. The van der Waals surface area contributed by atoms with Crippen molar-refractivity contribution >= 4 is 33.4 Å². The summed E-state index contributed by atoms with van der Waals surface area (Å²) in [6.07, 6.45) is 0. The van der Waals surface area contributed by atoms with Crippen LogP contribution in [-0.2, 0) is 16.1 Å². The van der Waals surface area contributed by atoms with Crippen molar-refractivity contribution in [2.24, 2.45) is 0 Å². The van der Waals surface area contributed by atoms with E-state index in [2.05, 4.69) is 21.2 Å². The number of halogens is 2. The van der Waals surface area contributed by atoms with E-state index in [9.17, 15) is 14.0 Å². The Hall–Kier alpha value is -3.71. The van der Waals surface area contributed by atoms with Gasteiger partial charge in [0.2, 0.25) is 0 Å². The van der Waals surface area contributed by atoms with Crippen molar-refractivity contribution < 1.29 is 23.5 Å². The van der Waals surface area contributed by atoms with Crippen LogP contribution in [-0.4, -0.2) is 18.9 Å². The summed E-state index contributed by atoms with van der Waals surface area (Å²) in [5.74, 6) is -1.08. The monoisotopic (exact) mass is 533 g/mol. The van der Waals surface area contributed by atoms with Crippen molar-refractivity contribution in [1.29, 1.82) is 0 Å². The van der Waals surface area contributed by atoms with Crippen LogP contribution in [0.2, 0.25) is 0 Å². The summed E-state index contributed by atoms with van der Waals surface area (Å²) in [6.45, 7) is 1.86. The van der Waals surface area contributed by atoms with E-state index in [0.717, 1.165) is 11.1 Å². The van der Waals surface area contributed by atoms with Crippen LogP contribution < -0.4 is 10.1 Å². The molecular formula is C28H21BrFNO4. The van der Waals surface area contributed by atoms with Gasteiger partial charge >= 0.3 is 5.97 Å². The molecule has 1 aliphatic carbocycles. The Bertz CT molecular complexity index is 1440. The van der Waals surface area contributed by atoms with E-state index in [4.69, 9.17) is 9.47 Å². The lowest BCUT2D eigenvalue weighted by Gasteiger charge is -2.29. The Balaban J connectivity index is 1.55. The summed E-state index contributed by atoms with van der Waals surface area (Å²) >= 11 is 3.54. The average molecular weight is 534 g/mol. The second-order valence-electron chi connectivity index (χ2n) is 8.32. The molecule has 0 spiro atoms. The first-order valence-corrected chi connectivity index (χ1v) is 11.8. The van der Waals surface area contributed by atoms with Crippen molar-refractivity contribution in [1.82, 2.24) is 5.32 Å². The van der Waals surface area contributed by atoms with Crippen LogP contribution >= 0.6 is 15.9 Å². The van der Waals surface area contributed by atoms with E-state index < -0.39 is 11.9 Å². The molecule has 1 heterocycles. The molecule has 5 nitrogen and oxygen atoms in total. The zero-order valence-electron chi connectivity index (χ0n) is 19.0. The van der Waals surface area contributed by atoms with E-state index in [-0.39, 0.29) is 18.2 Å². The summed E-state index contributed by atoms with van der Waals surface area (Å²) in [4.78, 5) is 26.3. The summed E-state index contributed by atoms with van der Waals surface area (Å²) in [6, 6.07) is 19.2. The number of esters is 1. The molecule has 35 heavy (non-hydrogen) atoms. The Morgan fingerprint density at radius 3 is 2.49 bits per heavy atom. The van der Waals surface area contributed by atoms with Gasteiger partial charge in [-0.25, -0.2) is 9.18 Å². The number of allylic oxidation sites excluding steroid dienone is 2. The van der Waals surface area contributed by atoms with Gasteiger partial charge in [-0.2, -0.15) is 0 Å². The topological polar surface area (TPSA) is 64.6 Å². The maximum atomic E-state index is 14.0. The molecule has 176 valence electrons. The van der Waals surface area contributed by atoms with Crippen LogP contribution in [0.25, 0.3) is 5.70 Å². The van der Waals surface area contributed by atoms with Crippen LogP contribution in [0.5, 0.6) is 5.75 Å². The van der Waals surface area contributed by atoms with Gasteiger partial charge in [0, 0.05) is 33.9 Å². The second kappa shape index (κ2) is 9.15. The number of ketones is 1. The number of carbonyl (C=O) groups excluding carboxylic acids is 2. The van der Waals surface area contributed by atoms with Gasteiger partial charge in [-0.3, -0.25) is 4.79 Å². The zero-order chi connectivity index (χ0) is 24.7. The number of fused-ring (bicyclic) bond motifs is 2. The Labute approximate surface area is 210 Å². The van der Waals surface area contributed by atoms with Gasteiger partial charge < -0.3 is 14.8 Å². The van der Waals surface area contributed by atoms with Gasteiger partial charge in [0.05, 0.1) is 22.9 Å². The second-order valence-corrected chi connectivity index (χ2v) is 9.18. The minimum atomic E-state index is -0.629. The summed E-state index contributed by atoms with van der Waals surface area (Å²) < 4.78 is 25.5. The molecule has 1 N–H and O–H groups in total. The number of hydrogen-bond donors (Lipinski definition) is 1.